The summed E-state index contributed by atoms with van der Waals surface area (Å²) in [5, 5.41) is 13.5. The molecule has 0 unspecified atom stereocenters. The number of nitro groups is 1. The first-order valence-corrected chi connectivity index (χ1v) is 10.3. The fourth-order valence-electron chi connectivity index (χ4n) is 2.85. The summed E-state index contributed by atoms with van der Waals surface area (Å²) in [6.07, 6.45) is -3.13. The van der Waals surface area contributed by atoms with Crippen LogP contribution in [0.4, 0.5) is 24.5 Å². The highest BCUT2D eigenvalue weighted by Gasteiger charge is 2.31. The maximum Gasteiger partial charge on any atom is 0.416 e. The molecule has 1 aromatic heterocycles. The Kier molecular flexibility index (Phi) is 6.00. The van der Waals surface area contributed by atoms with Gasteiger partial charge >= 0.3 is 6.18 Å². The molecule has 1 aliphatic rings. The van der Waals surface area contributed by atoms with Gasteiger partial charge in [0.15, 0.2) is 5.17 Å². The molecule has 4 rings (SSSR count). The molecule has 0 aliphatic carbocycles. The normalized spacial score (nSPS) is 16.4. The van der Waals surface area contributed by atoms with Crippen molar-refractivity contribution in [3.8, 4) is 11.3 Å². The van der Waals surface area contributed by atoms with E-state index < -0.39 is 22.6 Å². The van der Waals surface area contributed by atoms with Crippen LogP contribution in [0.2, 0.25) is 5.02 Å². The van der Waals surface area contributed by atoms with Crippen molar-refractivity contribution < 1.29 is 27.3 Å². The summed E-state index contributed by atoms with van der Waals surface area (Å²) >= 11 is 6.85. The van der Waals surface area contributed by atoms with E-state index in [4.69, 9.17) is 16.0 Å². The molecule has 12 heteroatoms. The van der Waals surface area contributed by atoms with Crippen LogP contribution in [-0.2, 0) is 11.0 Å². The number of nitro benzene ring substituents is 1. The lowest BCUT2D eigenvalue weighted by molar-refractivity contribution is -0.384. The van der Waals surface area contributed by atoms with Crippen LogP contribution in [0.25, 0.3) is 17.4 Å². The fourth-order valence-corrected chi connectivity index (χ4v) is 3.83. The third-order valence-electron chi connectivity index (χ3n) is 4.39. The van der Waals surface area contributed by atoms with Gasteiger partial charge < -0.3 is 9.73 Å². The van der Waals surface area contributed by atoms with Crippen molar-refractivity contribution in [2.75, 3.05) is 0 Å². The first-order chi connectivity index (χ1) is 15.6. The standard InChI is InChI=1S/C21H11ClF3N3O4S/c22-15-6-4-12(21(23,24)25)9-16(15)26-20-27-19(29)18(33-20)10-14-5-7-17(32-14)11-2-1-3-13(8-11)28(30)31/h1-10H,(H,26,27,29)/b18-10+. The average Bonchev–Trinajstić information content (AvgIpc) is 3.36. The van der Waals surface area contributed by atoms with E-state index in [0.717, 1.165) is 30.0 Å². The molecule has 2 aromatic carbocycles. The van der Waals surface area contributed by atoms with Gasteiger partial charge in [0.05, 0.1) is 26.1 Å². The first-order valence-electron chi connectivity index (χ1n) is 9.11. The number of rotatable bonds is 4. The van der Waals surface area contributed by atoms with Gasteiger partial charge in [0.2, 0.25) is 0 Å². The number of amides is 1. The number of carbonyl (C=O) groups excluding carboxylic acids is 1. The van der Waals surface area contributed by atoms with Crippen LogP contribution in [0.5, 0.6) is 0 Å². The van der Waals surface area contributed by atoms with Gasteiger partial charge in [0, 0.05) is 23.8 Å². The number of hydrogen-bond donors (Lipinski definition) is 1. The van der Waals surface area contributed by atoms with E-state index in [1.54, 1.807) is 18.2 Å². The smallest absolute Gasteiger partial charge is 0.416 e. The van der Waals surface area contributed by atoms with Crippen molar-refractivity contribution in [3.05, 3.63) is 86.0 Å². The zero-order valence-electron chi connectivity index (χ0n) is 16.2. The SMILES string of the molecule is O=C1NC(=Nc2cc(C(F)(F)F)ccc2Cl)S/C1=C/c1ccc(-c2cccc([N+](=O)[O-])c2)o1. The summed E-state index contributed by atoms with van der Waals surface area (Å²) in [5.41, 5.74) is -0.662. The Morgan fingerprint density at radius 1 is 1.15 bits per heavy atom. The van der Waals surface area contributed by atoms with Gasteiger partial charge in [-0.3, -0.25) is 14.9 Å². The second kappa shape index (κ2) is 8.75. The minimum Gasteiger partial charge on any atom is -0.457 e. The maximum absolute atomic E-state index is 12.9. The molecule has 1 amide bonds. The molecule has 0 bridgehead atoms. The predicted octanol–water partition coefficient (Wildman–Crippen LogP) is 6.42. The van der Waals surface area contributed by atoms with Crippen LogP contribution in [-0.4, -0.2) is 16.0 Å². The molecule has 0 saturated carbocycles. The highest BCUT2D eigenvalue weighted by molar-refractivity contribution is 8.18. The number of non-ortho nitro benzene ring substituents is 1. The summed E-state index contributed by atoms with van der Waals surface area (Å²) in [6, 6.07) is 11.8. The Morgan fingerprint density at radius 2 is 1.94 bits per heavy atom. The highest BCUT2D eigenvalue weighted by atomic mass is 35.5. The summed E-state index contributed by atoms with van der Waals surface area (Å²) in [5.74, 6) is 0.140. The zero-order valence-corrected chi connectivity index (χ0v) is 17.8. The van der Waals surface area contributed by atoms with Crippen LogP contribution in [0, 0.1) is 10.1 Å². The van der Waals surface area contributed by atoms with Gasteiger partial charge in [-0.15, -0.1) is 0 Å². The molecule has 7 nitrogen and oxygen atoms in total. The Balaban J connectivity index is 1.57. The fraction of sp³-hybridized carbons (Fsp3) is 0.0476. The molecule has 1 aliphatic heterocycles. The molecule has 33 heavy (non-hydrogen) atoms. The van der Waals surface area contributed by atoms with Crippen molar-refractivity contribution in [1.82, 2.24) is 5.32 Å². The summed E-state index contributed by atoms with van der Waals surface area (Å²) in [4.78, 5) is 26.9. The third-order valence-corrected chi connectivity index (χ3v) is 5.62. The number of furan rings is 1. The van der Waals surface area contributed by atoms with Crippen LogP contribution >= 0.6 is 23.4 Å². The highest BCUT2D eigenvalue weighted by Crippen LogP contribution is 2.37. The Labute approximate surface area is 193 Å². The number of benzene rings is 2. The largest absolute Gasteiger partial charge is 0.457 e. The van der Waals surface area contributed by atoms with Crippen LogP contribution in [0.1, 0.15) is 11.3 Å². The summed E-state index contributed by atoms with van der Waals surface area (Å²) in [6.45, 7) is 0. The van der Waals surface area contributed by atoms with E-state index in [2.05, 4.69) is 10.3 Å². The van der Waals surface area contributed by atoms with Crippen molar-refractivity contribution in [3.63, 3.8) is 0 Å². The van der Waals surface area contributed by atoms with Crippen molar-refractivity contribution in [2.24, 2.45) is 4.99 Å². The van der Waals surface area contributed by atoms with Crippen LogP contribution < -0.4 is 5.32 Å². The number of aliphatic imine (C=N–C) groups is 1. The Morgan fingerprint density at radius 3 is 2.67 bits per heavy atom. The lowest BCUT2D eigenvalue weighted by Gasteiger charge is -2.08. The third kappa shape index (κ3) is 5.10. The predicted molar refractivity (Wildman–Crippen MR) is 118 cm³/mol. The number of nitrogens with one attached hydrogen (secondary N) is 1. The molecule has 3 aromatic rings. The van der Waals surface area contributed by atoms with Crippen molar-refractivity contribution in [1.29, 1.82) is 0 Å². The lowest BCUT2D eigenvalue weighted by Crippen LogP contribution is -2.19. The van der Waals surface area contributed by atoms with Gasteiger partial charge in [-0.2, -0.15) is 13.2 Å². The number of thioether (sulfide) groups is 1. The van der Waals surface area contributed by atoms with Crippen molar-refractivity contribution >= 4 is 51.9 Å². The Bertz CT molecular complexity index is 1330. The zero-order chi connectivity index (χ0) is 23.8. The topological polar surface area (TPSA) is 97.7 Å². The van der Waals surface area contributed by atoms with E-state index in [-0.39, 0.29) is 26.5 Å². The van der Waals surface area contributed by atoms with E-state index >= 15 is 0 Å². The minimum absolute atomic E-state index is 0.00425. The minimum atomic E-state index is -4.56. The van der Waals surface area contributed by atoms with E-state index in [1.165, 1.54) is 24.3 Å². The molecule has 0 radical (unpaired) electrons. The van der Waals surface area contributed by atoms with Crippen LogP contribution in [0.3, 0.4) is 0 Å². The maximum atomic E-state index is 12.9. The van der Waals surface area contributed by atoms with Gasteiger partial charge in [-0.1, -0.05) is 23.7 Å². The first kappa shape index (κ1) is 22.6. The van der Waals surface area contributed by atoms with Gasteiger partial charge in [-0.25, -0.2) is 4.99 Å². The molecule has 2 heterocycles. The monoisotopic (exact) mass is 493 g/mol. The second-order valence-electron chi connectivity index (χ2n) is 6.66. The number of carbonyl (C=O) groups is 1. The van der Waals surface area contributed by atoms with Gasteiger partial charge in [0.25, 0.3) is 11.6 Å². The molecular formula is C21H11ClF3N3O4S. The summed E-state index contributed by atoms with van der Waals surface area (Å²) < 4.78 is 44.5. The van der Waals surface area contributed by atoms with E-state index in [0.29, 0.717) is 17.1 Å². The van der Waals surface area contributed by atoms with Gasteiger partial charge in [-0.05, 0) is 42.1 Å². The molecule has 168 valence electrons. The van der Waals surface area contributed by atoms with Crippen LogP contribution in [0.15, 0.2) is 68.9 Å². The van der Waals surface area contributed by atoms with Gasteiger partial charge in [0.1, 0.15) is 11.5 Å². The molecule has 0 spiro atoms. The van der Waals surface area contributed by atoms with Crippen molar-refractivity contribution in [2.45, 2.75) is 6.18 Å². The molecular weight excluding hydrogens is 483 g/mol. The Hall–Kier alpha value is -3.57. The molecule has 1 fully saturated rings. The quantitative estimate of drug-likeness (QED) is 0.257. The molecule has 1 saturated heterocycles. The number of halogens is 4. The van der Waals surface area contributed by atoms with E-state index in [1.807, 2.05) is 0 Å². The lowest BCUT2D eigenvalue weighted by atomic mass is 10.1. The number of alkyl halides is 3. The number of hydrogen-bond acceptors (Lipinski definition) is 6. The number of nitrogens with zero attached hydrogens (tertiary/aromatic N) is 2. The summed E-state index contributed by atoms with van der Waals surface area (Å²) in [7, 11) is 0. The van der Waals surface area contributed by atoms with E-state index in [9.17, 15) is 28.1 Å². The number of amidine groups is 1. The average molecular weight is 494 g/mol. The second-order valence-corrected chi connectivity index (χ2v) is 8.09. The molecule has 0 atom stereocenters. The molecule has 1 N–H and O–H groups in total.